The molecule has 0 saturated carbocycles. The number of rotatable bonds is 5. The van der Waals surface area contributed by atoms with Crippen LogP contribution in [0.25, 0.3) is 0 Å². The molecule has 1 atom stereocenters. The van der Waals surface area contributed by atoms with E-state index in [1.807, 2.05) is 11.0 Å². The Bertz CT molecular complexity index is 898. The van der Waals surface area contributed by atoms with Gasteiger partial charge in [-0.25, -0.2) is 0 Å². The van der Waals surface area contributed by atoms with Crippen molar-refractivity contribution in [1.82, 2.24) is 10.2 Å². The first-order valence-electron chi connectivity index (χ1n) is 10.9. The van der Waals surface area contributed by atoms with E-state index < -0.39 is 0 Å². The standard InChI is InChI=1S/C24H30N2O3S/c1-16(2)18-5-3-17(4-6-18)15-25-23(27)19-7-8-21-20(13-19)14-22(30-21)24(28)26-9-11-29-12-10-26/h3-6,14,16,19H,7-13,15H2,1-2H3,(H,25,27)/t19-/m1/s1. The molecule has 1 fully saturated rings. The molecule has 4 rings (SSSR count). The molecule has 1 aliphatic carbocycles. The Hall–Kier alpha value is -2.18. The molecule has 0 unspecified atom stereocenters. The number of carbonyl (C=O) groups excluding carboxylic acids is 2. The first-order chi connectivity index (χ1) is 14.5. The van der Waals surface area contributed by atoms with Gasteiger partial charge < -0.3 is 15.0 Å². The van der Waals surface area contributed by atoms with Crippen LogP contribution in [0.15, 0.2) is 30.3 Å². The molecule has 2 heterocycles. The summed E-state index contributed by atoms with van der Waals surface area (Å²) in [4.78, 5) is 29.4. The maximum atomic E-state index is 12.8. The average molecular weight is 427 g/mol. The Labute approximate surface area is 182 Å². The SMILES string of the molecule is CC(C)c1ccc(CNC(=O)[C@@H]2CCc3sc(C(=O)N4CCOCC4)cc3C2)cc1. The number of amides is 2. The van der Waals surface area contributed by atoms with Gasteiger partial charge in [-0.15, -0.1) is 11.3 Å². The van der Waals surface area contributed by atoms with E-state index in [-0.39, 0.29) is 17.7 Å². The van der Waals surface area contributed by atoms with Gasteiger partial charge in [0.05, 0.1) is 18.1 Å². The van der Waals surface area contributed by atoms with E-state index in [1.165, 1.54) is 16.0 Å². The van der Waals surface area contributed by atoms with Gasteiger partial charge in [0, 0.05) is 30.4 Å². The maximum Gasteiger partial charge on any atom is 0.264 e. The van der Waals surface area contributed by atoms with Gasteiger partial charge in [-0.05, 0) is 47.9 Å². The van der Waals surface area contributed by atoms with Crippen LogP contribution in [0.3, 0.4) is 0 Å². The number of hydrogen-bond acceptors (Lipinski definition) is 4. The minimum atomic E-state index is -0.0200. The minimum absolute atomic E-state index is 0.0200. The Balaban J connectivity index is 1.33. The topological polar surface area (TPSA) is 58.6 Å². The normalized spacial score (nSPS) is 18.9. The number of aryl methyl sites for hydroxylation is 1. The number of carbonyl (C=O) groups is 2. The fraction of sp³-hybridized carbons (Fsp3) is 0.500. The molecule has 2 aliphatic rings. The Morgan fingerprint density at radius 2 is 1.93 bits per heavy atom. The van der Waals surface area contributed by atoms with Gasteiger partial charge in [0.2, 0.25) is 5.91 Å². The number of hydrogen-bond donors (Lipinski definition) is 1. The van der Waals surface area contributed by atoms with Crippen LogP contribution in [0.1, 0.15) is 57.4 Å². The molecular weight excluding hydrogens is 396 g/mol. The predicted octanol–water partition coefficient (Wildman–Crippen LogP) is 3.77. The fourth-order valence-electron chi connectivity index (χ4n) is 4.13. The second-order valence-electron chi connectivity index (χ2n) is 8.52. The number of ether oxygens (including phenoxy) is 1. The lowest BCUT2D eigenvalue weighted by Gasteiger charge is -2.26. The summed E-state index contributed by atoms with van der Waals surface area (Å²) in [6.07, 6.45) is 2.44. The van der Waals surface area contributed by atoms with Crippen LogP contribution in [0.2, 0.25) is 0 Å². The molecular formula is C24H30N2O3S. The lowest BCUT2D eigenvalue weighted by atomic mass is 9.87. The highest BCUT2D eigenvalue weighted by atomic mass is 32.1. The summed E-state index contributed by atoms with van der Waals surface area (Å²) in [5.41, 5.74) is 3.60. The highest BCUT2D eigenvalue weighted by Crippen LogP contribution is 2.33. The van der Waals surface area contributed by atoms with Gasteiger partial charge >= 0.3 is 0 Å². The highest BCUT2D eigenvalue weighted by molar-refractivity contribution is 7.14. The molecule has 1 aliphatic heterocycles. The van der Waals surface area contributed by atoms with Crippen LogP contribution in [-0.2, 0) is 28.9 Å². The van der Waals surface area contributed by atoms with E-state index in [0.717, 1.165) is 29.7 Å². The summed E-state index contributed by atoms with van der Waals surface area (Å²) in [5, 5.41) is 3.10. The molecule has 1 N–H and O–H groups in total. The van der Waals surface area contributed by atoms with Gasteiger partial charge in [-0.3, -0.25) is 9.59 Å². The molecule has 0 radical (unpaired) electrons. The third kappa shape index (κ3) is 4.76. The molecule has 6 heteroatoms. The third-order valence-electron chi connectivity index (χ3n) is 6.08. The number of nitrogens with zero attached hydrogens (tertiary/aromatic N) is 1. The number of morpholine rings is 1. The zero-order valence-electron chi connectivity index (χ0n) is 17.8. The van der Waals surface area contributed by atoms with Gasteiger partial charge in [0.25, 0.3) is 5.91 Å². The second kappa shape index (κ2) is 9.31. The van der Waals surface area contributed by atoms with E-state index >= 15 is 0 Å². The highest BCUT2D eigenvalue weighted by Gasteiger charge is 2.28. The zero-order chi connectivity index (χ0) is 21.1. The van der Waals surface area contributed by atoms with Crippen LogP contribution in [0.4, 0.5) is 0 Å². The van der Waals surface area contributed by atoms with Crippen molar-refractivity contribution >= 4 is 23.2 Å². The molecule has 5 nitrogen and oxygen atoms in total. The van der Waals surface area contributed by atoms with Crippen molar-refractivity contribution in [3.63, 3.8) is 0 Å². The summed E-state index contributed by atoms with van der Waals surface area (Å²) < 4.78 is 5.34. The first-order valence-corrected chi connectivity index (χ1v) is 11.7. The van der Waals surface area contributed by atoms with Crippen LogP contribution in [0.5, 0.6) is 0 Å². The molecule has 1 aromatic carbocycles. The smallest absolute Gasteiger partial charge is 0.264 e. The Morgan fingerprint density at radius 3 is 2.63 bits per heavy atom. The largest absolute Gasteiger partial charge is 0.378 e. The van der Waals surface area contributed by atoms with Crippen molar-refractivity contribution in [2.24, 2.45) is 5.92 Å². The number of benzene rings is 1. The van der Waals surface area contributed by atoms with Crippen molar-refractivity contribution in [2.75, 3.05) is 26.3 Å². The zero-order valence-corrected chi connectivity index (χ0v) is 18.6. The predicted molar refractivity (Wildman–Crippen MR) is 119 cm³/mol. The monoisotopic (exact) mass is 426 g/mol. The Kier molecular flexibility index (Phi) is 6.54. The number of thiophene rings is 1. The van der Waals surface area contributed by atoms with Gasteiger partial charge in [0.1, 0.15) is 0 Å². The lowest BCUT2D eigenvalue weighted by molar-refractivity contribution is -0.125. The molecule has 160 valence electrons. The van der Waals surface area contributed by atoms with E-state index in [2.05, 4.69) is 43.4 Å². The van der Waals surface area contributed by atoms with Crippen LogP contribution in [-0.4, -0.2) is 43.0 Å². The molecule has 1 saturated heterocycles. The minimum Gasteiger partial charge on any atom is -0.378 e. The van der Waals surface area contributed by atoms with Crippen molar-refractivity contribution in [3.8, 4) is 0 Å². The first kappa shape index (κ1) is 21.1. The number of nitrogens with one attached hydrogen (secondary N) is 1. The van der Waals surface area contributed by atoms with Crippen molar-refractivity contribution in [2.45, 2.75) is 45.6 Å². The van der Waals surface area contributed by atoms with Gasteiger partial charge in [-0.2, -0.15) is 0 Å². The maximum absolute atomic E-state index is 12.8. The summed E-state index contributed by atoms with van der Waals surface area (Å²) in [7, 11) is 0. The van der Waals surface area contributed by atoms with Crippen molar-refractivity contribution < 1.29 is 14.3 Å². The fourth-order valence-corrected chi connectivity index (χ4v) is 5.31. The van der Waals surface area contributed by atoms with E-state index in [1.54, 1.807) is 11.3 Å². The number of fused-ring (bicyclic) bond motifs is 1. The van der Waals surface area contributed by atoms with Crippen molar-refractivity contribution in [3.05, 3.63) is 56.8 Å². The van der Waals surface area contributed by atoms with Gasteiger partial charge in [0.15, 0.2) is 0 Å². The van der Waals surface area contributed by atoms with Crippen LogP contribution < -0.4 is 5.32 Å². The molecule has 2 aromatic rings. The van der Waals surface area contributed by atoms with Gasteiger partial charge in [-0.1, -0.05) is 38.1 Å². The van der Waals surface area contributed by atoms with E-state index in [9.17, 15) is 9.59 Å². The molecule has 30 heavy (non-hydrogen) atoms. The quantitative estimate of drug-likeness (QED) is 0.792. The average Bonchev–Trinajstić information content (AvgIpc) is 3.21. The lowest BCUT2D eigenvalue weighted by Crippen LogP contribution is -2.40. The van der Waals surface area contributed by atoms with E-state index in [4.69, 9.17) is 4.74 Å². The second-order valence-corrected chi connectivity index (χ2v) is 9.65. The Morgan fingerprint density at radius 1 is 1.20 bits per heavy atom. The van der Waals surface area contributed by atoms with Crippen LogP contribution in [0, 0.1) is 5.92 Å². The summed E-state index contributed by atoms with van der Waals surface area (Å²) in [5.74, 6) is 0.702. The molecule has 0 spiro atoms. The third-order valence-corrected chi connectivity index (χ3v) is 7.30. The summed E-state index contributed by atoms with van der Waals surface area (Å²) in [6, 6.07) is 10.5. The molecule has 2 amide bonds. The van der Waals surface area contributed by atoms with E-state index in [0.29, 0.717) is 38.8 Å². The summed E-state index contributed by atoms with van der Waals surface area (Å²) >= 11 is 1.60. The van der Waals surface area contributed by atoms with Crippen molar-refractivity contribution in [1.29, 1.82) is 0 Å². The van der Waals surface area contributed by atoms with Crippen LogP contribution >= 0.6 is 11.3 Å². The summed E-state index contributed by atoms with van der Waals surface area (Å²) in [6.45, 7) is 7.45. The molecule has 1 aromatic heterocycles. The molecule has 0 bridgehead atoms.